The summed E-state index contributed by atoms with van der Waals surface area (Å²) in [4.78, 5) is 29.3. The van der Waals surface area contributed by atoms with Gasteiger partial charge in [0.1, 0.15) is 17.2 Å². The van der Waals surface area contributed by atoms with Crippen LogP contribution < -0.4 is 14.2 Å². The molecule has 4 rings (SSSR count). The van der Waals surface area contributed by atoms with Crippen LogP contribution in [0, 0.1) is 0 Å². The Kier molecular flexibility index (Phi) is 7.24. The molecule has 0 amide bonds. The first kappa shape index (κ1) is 24.8. The number of aryl methyl sites for hydroxylation is 1. The Balaban J connectivity index is 1.47. The molecular formula is C28H28N2O6. The Hall–Kier alpha value is -4.33. The Morgan fingerprint density at radius 1 is 0.944 bits per heavy atom. The molecule has 0 aliphatic rings. The summed E-state index contributed by atoms with van der Waals surface area (Å²) >= 11 is 0. The van der Waals surface area contributed by atoms with E-state index in [0.717, 1.165) is 11.0 Å². The molecule has 3 aromatic carbocycles. The third-order valence-corrected chi connectivity index (χ3v) is 5.68. The summed E-state index contributed by atoms with van der Waals surface area (Å²) in [5.41, 5.74) is 0.765. The average Bonchev–Trinajstić information content (AvgIpc) is 3.24. The molecule has 0 aliphatic heterocycles. The number of imidazole rings is 1. The molecule has 1 aromatic heterocycles. The van der Waals surface area contributed by atoms with Crippen molar-refractivity contribution in [1.29, 1.82) is 0 Å². The minimum Gasteiger partial charge on any atom is -0.497 e. The zero-order valence-electron chi connectivity index (χ0n) is 20.4. The largest absolute Gasteiger partial charge is 0.497 e. The molecule has 0 unspecified atom stereocenters. The van der Waals surface area contributed by atoms with Gasteiger partial charge in [-0.15, -0.1) is 0 Å². The Bertz CT molecular complexity index is 1390. The van der Waals surface area contributed by atoms with Crippen LogP contribution in [0.5, 0.6) is 17.2 Å². The number of carbonyl (C=O) groups excluding carboxylic acids is 1. The lowest BCUT2D eigenvalue weighted by Gasteiger charge is -2.21. The highest BCUT2D eigenvalue weighted by Gasteiger charge is 2.29. The number of aromatic nitrogens is 2. The normalized spacial score (nSPS) is 11.3. The number of benzene rings is 3. The van der Waals surface area contributed by atoms with Crippen LogP contribution in [0.4, 0.5) is 0 Å². The highest BCUT2D eigenvalue weighted by Crippen LogP contribution is 2.25. The molecule has 0 bridgehead atoms. The van der Waals surface area contributed by atoms with E-state index in [2.05, 4.69) is 4.98 Å². The Morgan fingerprint density at radius 3 is 2.44 bits per heavy atom. The van der Waals surface area contributed by atoms with Gasteiger partial charge in [0.15, 0.2) is 11.4 Å². The summed E-state index contributed by atoms with van der Waals surface area (Å²) in [5, 5.41) is 9.28. The van der Waals surface area contributed by atoms with E-state index in [1.807, 2.05) is 28.8 Å². The molecule has 0 atom stereocenters. The number of fused-ring (bicyclic) bond motifs is 1. The van der Waals surface area contributed by atoms with Crippen molar-refractivity contribution in [1.82, 2.24) is 9.55 Å². The van der Waals surface area contributed by atoms with Crippen molar-refractivity contribution in [2.45, 2.75) is 32.4 Å². The van der Waals surface area contributed by atoms with Gasteiger partial charge in [0, 0.05) is 18.2 Å². The quantitative estimate of drug-likeness (QED) is 0.235. The minimum absolute atomic E-state index is 0.183. The van der Waals surface area contributed by atoms with E-state index in [1.54, 1.807) is 55.6 Å². The van der Waals surface area contributed by atoms with Gasteiger partial charge in [0.2, 0.25) is 5.78 Å². The molecular weight excluding hydrogens is 460 g/mol. The van der Waals surface area contributed by atoms with Crippen LogP contribution in [-0.2, 0) is 11.3 Å². The van der Waals surface area contributed by atoms with Gasteiger partial charge < -0.3 is 23.9 Å². The fourth-order valence-electron chi connectivity index (χ4n) is 3.75. The Morgan fingerprint density at radius 2 is 1.67 bits per heavy atom. The number of carbonyl (C=O) groups is 2. The van der Waals surface area contributed by atoms with E-state index < -0.39 is 11.6 Å². The summed E-state index contributed by atoms with van der Waals surface area (Å²) in [6, 6.07) is 21.5. The number of nitrogens with zero attached hydrogens (tertiary/aromatic N) is 2. The van der Waals surface area contributed by atoms with Gasteiger partial charge in [-0.3, -0.25) is 4.79 Å². The fraction of sp³-hybridized carbons (Fsp3) is 0.250. The van der Waals surface area contributed by atoms with Gasteiger partial charge in [-0.2, -0.15) is 0 Å². The van der Waals surface area contributed by atoms with Crippen molar-refractivity contribution in [3.05, 3.63) is 84.2 Å². The number of carboxylic acid groups (broad SMARTS) is 1. The first-order valence-corrected chi connectivity index (χ1v) is 11.6. The monoisotopic (exact) mass is 488 g/mol. The molecule has 0 radical (unpaired) electrons. The standard InChI is InChI=1S/C28H28N2O6/c1-28(2,27(32)33)36-22-12-7-11-21(18-22)35-16-8-15-30-24-14-5-4-13-23(24)29-26(30)25(31)19-9-6-10-20(17-19)34-3/h4-7,9-14,17-18H,8,15-16H2,1-3H3,(H,32,33). The van der Waals surface area contributed by atoms with E-state index in [-0.39, 0.29) is 5.78 Å². The van der Waals surface area contributed by atoms with E-state index in [4.69, 9.17) is 14.2 Å². The molecule has 0 saturated heterocycles. The van der Waals surface area contributed by atoms with Crippen molar-refractivity contribution in [3.63, 3.8) is 0 Å². The lowest BCUT2D eigenvalue weighted by atomic mass is 10.1. The smallest absolute Gasteiger partial charge is 0.347 e. The maximum absolute atomic E-state index is 13.3. The van der Waals surface area contributed by atoms with E-state index >= 15 is 0 Å². The van der Waals surface area contributed by atoms with Crippen LogP contribution in [0.15, 0.2) is 72.8 Å². The second-order valence-corrected chi connectivity index (χ2v) is 8.73. The lowest BCUT2D eigenvalue weighted by molar-refractivity contribution is -0.152. The number of ketones is 1. The van der Waals surface area contributed by atoms with Crippen molar-refractivity contribution >= 4 is 22.8 Å². The number of hydrogen-bond acceptors (Lipinski definition) is 6. The second-order valence-electron chi connectivity index (χ2n) is 8.73. The van der Waals surface area contributed by atoms with Crippen molar-refractivity contribution < 1.29 is 28.9 Å². The van der Waals surface area contributed by atoms with Gasteiger partial charge in [-0.1, -0.05) is 30.3 Å². The van der Waals surface area contributed by atoms with Crippen LogP contribution in [0.2, 0.25) is 0 Å². The van der Waals surface area contributed by atoms with Crippen molar-refractivity contribution in [2.75, 3.05) is 13.7 Å². The van der Waals surface area contributed by atoms with Crippen LogP contribution >= 0.6 is 0 Å². The molecule has 36 heavy (non-hydrogen) atoms. The zero-order chi connectivity index (χ0) is 25.7. The van der Waals surface area contributed by atoms with Gasteiger partial charge in [-0.25, -0.2) is 9.78 Å². The third-order valence-electron chi connectivity index (χ3n) is 5.68. The zero-order valence-corrected chi connectivity index (χ0v) is 20.4. The number of ether oxygens (including phenoxy) is 3. The summed E-state index contributed by atoms with van der Waals surface area (Å²) in [6.07, 6.45) is 0.616. The molecule has 0 spiro atoms. The molecule has 1 N–H and O–H groups in total. The lowest BCUT2D eigenvalue weighted by Crippen LogP contribution is -2.37. The van der Waals surface area contributed by atoms with Gasteiger partial charge in [0.05, 0.1) is 24.8 Å². The third kappa shape index (κ3) is 5.49. The van der Waals surface area contributed by atoms with Gasteiger partial charge >= 0.3 is 5.97 Å². The predicted octanol–water partition coefficient (Wildman–Crippen LogP) is 4.99. The highest BCUT2D eigenvalue weighted by atomic mass is 16.5. The molecule has 0 saturated carbocycles. The number of para-hydroxylation sites is 2. The van der Waals surface area contributed by atoms with Crippen molar-refractivity contribution in [2.24, 2.45) is 0 Å². The van der Waals surface area contributed by atoms with Crippen LogP contribution in [0.1, 0.15) is 36.5 Å². The molecule has 4 aromatic rings. The molecule has 8 nitrogen and oxygen atoms in total. The van der Waals surface area contributed by atoms with Gasteiger partial charge in [0.25, 0.3) is 0 Å². The van der Waals surface area contributed by atoms with Crippen LogP contribution in [-0.4, -0.2) is 45.7 Å². The first-order chi connectivity index (χ1) is 17.3. The summed E-state index contributed by atoms with van der Waals surface area (Å²) in [7, 11) is 1.56. The Labute approximate surface area is 209 Å². The number of methoxy groups -OCH3 is 1. The fourth-order valence-corrected chi connectivity index (χ4v) is 3.75. The average molecular weight is 489 g/mol. The van der Waals surface area contributed by atoms with E-state index in [9.17, 15) is 14.7 Å². The highest BCUT2D eigenvalue weighted by molar-refractivity contribution is 6.08. The summed E-state index contributed by atoms with van der Waals surface area (Å²) < 4.78 is 18.6. The number of rotatable bonds is 11. The summed E-state index contributed by atoms with van der Waals surface area (Å²) in [5.74, 6) is 0.701. The number of aliphatic carboxylic acids is 1. The second kappa shape index (κ2) is 10.5. The number of hydrogen-bond donors (Lipinski definition) is 1. The first-order valence-electron chi connectivity index (χ1n) is 11.6. The molecule has 186 valence electrons. The molecule has 1 heterocycles. The molecule has 0 aliphatic carbocycles. The molecule has 8 heteroatoms. The minimum atomic E-state index is -1.35. The van der Waals surface area contributed by atoms with Crippen molar-refractivity contribution in [3.8, 4) is 17.2 Å². The van der Waals surface area contributed by atoms with Gasteiger partial charge in [-0.05, 0) is 56.7 Å². The van der Waals surface area contributed by atoms with Crippen LogP contribution in [0.25, 0.3) is 11.0 Å². The summed E-state index contributed by atoms with van der Waals surface area (Å²) in [6.45, 7) is 3.88. The van der Waals surface area contributed by atoms with E-state index in [0.29, 0.717) is 48.2 Å². The topological polar surface area (TPSA) is 99.9 Å². The van der Waals surface area contributed by atoms with Crippen LogP contribution in [0.3, 0.4) is 0 Å². The molecule has 0 fully saturated rings. The SMILES string of the molecule is COc1cccc(C(=O)c2nc3ccccc3n2CCCOc2cccc(OC(C)(C)C(=O)O)c2)c1. The number of carboxylic acids is 1. The maximum Gasteiger partial charge on any atom is 0.347 e. The maximum atomic E-state index is 13.3. The van der Waals surface area contributed by atoms with E-state index in [1.165, 1.54) is 13.8 Å². The predicted molar refractivity (Wildman–Crippen MR) is 135 cm³/mol.